The second kappa shape index (κ2) is 2.56. The Morgan fingerprint density at radius 3 is 3.18 bits per heavy atom. The molecule has 0 fully saturated rings. The average molecular weight is 163 g/mol. The molecule has 0 amide bonds. The van der Waals surface area contributed by atoms with Crippen molar-refractivity contribution < 1.29 is 0 Å². The standard InChI is InChI=1S/C10H11S/c1-3-8-4-5-10-9(8)6-7(2)11-10/h4-5,10H,3H2,1-2H3. The van der Waals surface area contributed by atoms with E-state index in [2.05, 4.69) is 32.1 Å². The Morgan fingerprint density at radius 2 is 2.45 bits per heavy atom. The lowest BCUT2D eigenvalue weighted by atomic mass is 10.1. The zero-order valence-electron chi connectivity index (χ0n) is 6.85. The van der Waals surface area contributed by atoms with E-state index in [1.165, 1.54) is 16.1 Å². The summed E-state index contributed by atoms with van der Waals surface area (Å²) in [6.45, 7) is 4.34. The van der Waals surface area contributed by atoms with Crippen LogP contribution in [0.25, 0.3) is 0 Å². The van der Waals surface area contributed by atoms with E-state index >= 15 is 0 Å². The summed E-state index contributed by atoms with van der Waals surface area (Å²) in [5.41, 5.74) is 2.90. The van der Waals surface area contributed by atoms with Gasteiger partial charge in [0.2, 0.25) is 0 Å². The molecule has 1 atom stereocenters. The molecule has 0 bridgehead atoms. The first-order chi connectivity index (χ1) is 5.31. The van der Waals surface area contributed by atoms with Gasteiger partial charge in [0.05, 0.1) is 5.25 Å². The lowest BCUT2D eigenvalue weighted by Crippen LogP contribution is -1.91. The summed E-state index contributed by atoms with van der Waals surface area (Å²) >= 11 is 1.92. The fourth-order valence-electron chi connectivity index (χ4n) is 1.54. The minimum absolute atomic E-state index is 0.602. The molecule has 0 nitrogen and oxygen atoms in total. The Morgan fingerprint density at radius 1 is 1.64 bits per heavy atom. The van der Waals surface area contributed by atoms with Gasteiger partial charge >= 0.3 is 0 Å². The molecule has 0 N–H and O–H groups in total. The first-order valence-electron chi connectivity index (χ1n) is 3.99. The van der Waals surface area contributed by atoms with Crippen molar-refractivity contribution in [2.24, 2.45) is 0 Å². The van der Waals surface area contributed by atoms with E-state index in [9.17, 15) is 0 Å². The molecule has 11 heavy (non-hydrogen) atoms. The molecule has 1 aliphatic heterocycles. The lowest BCUT2D eigenvalue weighted by Gasteiger charge is -2.00. The summed E-state index contributed by atoms with van der Waals surface area (Å²) < 4.78 is 0. The summed E-state index contributed by atoms with van der Waals surface area (Å²) in [4.78, 5) is 1.33. The van der Waals surface area contributed by atoms with Gasteiger partial charge in [-0.15, -0.1) is 11.8 Å². The SMILES string of the molecule is CCC1=C2[C]=C(C)SC2C=C1. The maximum Gasteiger partial charge on any atom is 0.0533 e. The minimum Gasteiger partial charge on any atom is -0.118 e. The minimum atomic E-state index is 0.602. The second-order valence-electron chi connectivity index (χ2n) is 2.87. The third kappa shape index (κ3) is 1.08. The van der Waals surface area contributed by atoms with Crippen LogP contribution in [-0.4, -0.2) is 5.25 Å². The van der Waals surface area contributed by atoms with Gasteiger partial charge in [0, 0.05) is 0 Å². The van der Waals surface area contributed by atoms with E-state index in [4.69, 9.17) is 0 Å². The predicted octanol–water partition coefficient (Wildman–Crippen LogP) is 3.09. The first-order valence-corrected chi connectivity index (χ1v) is 4.87. The highest BCUT2D eigenvalue weighted by atomic mass is 32.2. The van der Waals surface area contributed by atoms with Gasteiger partial charge in [-0.1, -0.05) is 19.1 Å². The molecular formula is C10H11S. The molecular weight excluding hydrogens is 152 g/mol. The summed E-state index contributed by atoms with van der Waals surface area (Å²) in [5, 5.41) is 0.602. The smallest absolute Gasteiger partial charge is 0.0533 e. The third-order valence-electron chi connectivity index (χ3n) is 2.10. The molecule has 2 aliphatic rings. The van der Waals surface area contributed by atoms with Crippen LogP contribution < -0.4 is 0 Å². The molecule has 2 rings (SSSR count). The third-order valence-corrected chi connectivity index (χ3v) is 3.20. The molecule has 1 heteroatoms. The van der Waals surface area contributed by atoms with Crippen molar-refractivity contribution in [2.45, 2.75) is 25.5 Å². The Balaban J connectivity index is 2.37. The van der Waals surface area contributed by atoms with Gasteiger partial charge in [0.25, 0.3) is 0 Å². The Labute approximate surface area is 72.1 Å². The van der Waals surface area contributed by atoms with Gasteiger partial charge in [-0.05, 0) is 35.5 Å². The number of thioether (sulfide) groups is 1. The fourth-order valence-corrected chi connectivity index (χ4v) is 2.57. The molecule has 0 saturated carbocycles. The van der Waals surface area contributed by atoms with E-state index < -0.39 is 0 Å². The topological polar surface area (TPSA) is 0 Å². The summed E-state index contributed by atoms with van der Waals surface area (Å²) in [6.07, 6.45) is 9.08. The average Bonchev–Trinajstić information content (AvgIpc) is 2.45. The van der Waals surface area contributed by atoms with Crippen LogP contribution in [0.3, 0.4) is 0 Å². The van der Waals surface area contributed by atoms with E-state index in [0.717, 1.165) is 6.42 Å². The number of hydrogen-bond acceptors (Lipinski definition) is 1. The van der Waals surface area contributed by atoms with Crippen molar-refractivity contribution in [1.82, 2.24) is 0 Å². The predicted molar refractivity (Wildman–Crippen MR) is 50.3 cm³/mol. The van der Waals surface area contributed by atoms with Crippen LogP contribution in [0.4, 0.5) is 0 Å². The van der Waals surface area contributed by atoms with Crippen LogP contribution in [0.1, 0.15) is 20.3 Å². The van der Waals surface area contributed by atoms with Crippen LogP contribution in [0, 0.1) is 6.08 Å². The van der Waals surface area contributed by atoms with Crippen LogP contribution in [0.15, 0.2) is 28.2 Å². The maximum atomic E-state index is 3.41. The van der Waals surface area contributed by atoms with E-state index in [-0.39, 0.29) is 0 Å². The highest BCUT2D eigenvalue weighted by Gasteiger charge is 2.24. The summed E-state index contributed by atoms with van der Waals surface area (Å²) in [5.74, 6) is 0. The Bertz CT molecular complexity index is 269. The van der Waals surface area contributed by atoms with Crippen LogP contribution in [0.5, 0.6) is 0 Å². The van der Waals surface area contributed by atoms with Gasteiger partial charge in [0.1, 0.15) is 0 Å². The van der Waals surface area contributed by atoms with Crippen molar-refractivity contribution in [3.8, 4) is 0 Å². The van der Waals surface area contributed by atoms with Crippen molar-refractivity contribution in [2.75, 3.05) is 0 Å². The van der Waals surface area contributed by atoms with Gasteiger partial charge in [0.15, 0.2) is 0 Å². The summed E-state index contributed by atoms with van der Waals surface area (Å²) in [7, 11) is 0. The molecule has 1 unspecified atom stereocenters. The highest BCUT2D eigenvalue weighted by Crippen LogP contribution is 2.41. The molecule has 0 aromatic carbocycles. The highest BCUT2D eigenvalue weighted by molar-refractivity contribution is 8.04. The molecule has 1 aliphatic carbocycles. The summed E-state index contributed by atoms with van der Waals surface area (Å²) in [6, 6.07) is 0. The largest absolute Gasteiger partial charge is 0.118 e. The number of allylic oxidation sites excluding steroid dienone is 4. The molecule has 1 radical (unpaired) electrons. The Kier molecular flexibility index (Phi) is 1.68. The van der Waals surface area contributed by atoms with Crippen molar-refractivity contribution >= 4 is 11.8 Å². The van der Waals surface area contributed by atoms with Gasteiger partial charge in [-0.25, -0.2) is 0 Å². The van der Waals surface area contributed by atoms with Gasteiger partial charge in [-0.2, -0.15) is 0 Å². The van der Waals surface area contributed by atoms with E-state index in [1.54, 1.807) is 0 Å². The van der Waals surface area contributed by atoms with E-state index in [1.807, 2.05) is 11.8 Å². The zero-order valence-corrected chi connectivity index (χ0v) is 7.66. The zero-order chi connectivity index (χ0) is 7.84. The first kappa shape index (κ1) is 7.23. The number of fused-ring (bicyclic) bond motifs is 1. The lowest BCUT2D eigenvalue weighted by molar-refractivity contribution is 1.13. The fraction of sp³-hybridized carbons (Fsp3) is 0.400. The molecule has 0 saturated heterocycles. The number of hydrogen-bond donors (Lipinski definition) is 0. The van der Waals surface area contributed by atoms with Crippen molar-refractivity contribution in [3.05, 3.63) is 34.3 Å². The van der Waals surface area contributed by atoms with Crippen LogP contribution in [-0.2, 0) is 0 Å². The Hall–Kier alpha value is -0.430. The maximum absolute atomic E-state index is 3.41. The van der Waals surface area contributed by atoms with Crippen molar-refractivity contribution in [3.63, 3.8) is 0 Å². The second-order valence-corrected chi connectivity index (χ2v) is 4.23. The van der Waals surface area contributed by atoms with Crippen LogP contribution >= 0.6 is 11.8 Å². The van der Waals surface area contributed by atoms with Crippen LogP contribution in [0.2, 0.25) is 0 Å². The van der Waals surface area contributed by atoms with E-state index in [0.29, 0.717) is 5.25 Å². The van der Waals surface area contributed by atoms with Crippen molar-refractivity contribution in [1.29, 1.82) is 0 Å². The normalized spacial score (nSPS) is 27.8. The molecule has 0 spiro atoms. The monoisotopic (exact) mass is 163 g/mol. The quantitative estimate of drug-likeness (QED) is 0.572. The molecule has 57 valence electrons. The van der Waals surface area contributed by atoms with Gasteiger partial charge in [-0.3, -0.25) is 0 Å². The van der Waals surface area contributed by atoms with Gasteiger partial charge < -0.3 is 0 Å². The molecule has 0 aromatic heterocycles. The number of rotatable bonds is 1. The molecule has 1 heterocycles. The molecule has 0 aromatic rings.